The number of anilines is 1. The SMILES string of the molecule is Cl.Cl.Cl.Cl.O=C(O)c1cnc2c(c1)CC1(CNc3ncccc31)C2. The number of hydrogen-bond acceptors (Lipinski definition) is 4. The highest BCUT2D eigenvalue weighted by molar-refractivity contribution is 5.87. The number of halogens is 4. The summed E-state index contributed by atoms with van der Waals surface area (Å²) in [6.45, 7) is 0.831. The number of carboxylic acid groups (broad SMARTS) is 1. The first-order chi connectivity index (χ1) is 9.68. The van der Waals surface area contributed by atoms with E-state index in [0.717, 1.165) is 36.5 Å². The minimum absolute atomic E-state index is 0. The number of fused-ring (bicyclic) bond motifs is 3. The Morgan fingerprint density at radius 2 is 1.92 bits per heavy atom. The standard InChI is InChI=1S/C15H13N3O2.4ClH/c19-14(20)10-4-9-5-15(6-12(9)17-7-10)8-18-13-11(15)2-1-3-16-13;;;;/h1-4,7H,5-6,8H2,(H,16,18)(H,19,20);4*1H. The lowest BCUT2D eigenvalue weighted by Crippen LogP contribution is -2.29. The molecular weight excluding hydrogens is 396 g/mol. The van der Waals surface area contributed by atoms with Gasteiger partial charge in [-0.05, 0) is 24.1 Å². The maximum Gasteiger partial charge on any atom is 0.337 e. The van der Waals surface area contributed by atoms with Crippen molar-refractivity contribution in [2.24, 2.45) is 0 Å². The Morgan fingerprint density at radius 3 is 2.62 bits per heavy atom. The fourth-order valence-electron chi connectivity index (χ4n) is 3.35. The van der Waals surface area contributed by atoms with Gasteiger partial charge in [0.05, 0.1) is 5.56 Å². The molecule has 1 spiro atoms. The quantitative estimate of drug-likeness (QED) is 0.751. The smallest absolute Gasteiger partial charge is 0.337 e. The fraction of sp³-hybridized carbons (Fsp3) is 0.267. The molecular formula is C15H17Cl4N3O2. The molecule has 1 aliphatic carbocycles. The van der Waals surface area contributed by atoms with Crippen molar-refractivity contribution in [1.82, 2.24) is 9.97 Å². The van der Waals surface area contributed by atoms with Crippen molar-refractivity contribution >= 4 is 61.4 Å². The number of carboxylic acids is 1. The molecule has 0 fully saturated rings. The number of pyridine rings is 2. The van der Waals surface area contributed by atoms with Crippen LogP contribution in [0.5, 0.6) is 0 Å². The van der Waals surface area contributed by atoms with Crippen LogP contribution in [-0.4, -0.2) is 27.6 Å². The van der Waals surface area contributed by atoms with Gasteiger partial charge in [0.1, 0.15) is 5.82 Å². The number of rotatable bonds is 1. The largest absolute Gasteiger partial charge is 0.478 e. The second kappa shape index (κ2) is 8.21. The van der Waals surface area contributed by atoms with Crippen LogP contribution in [0.25, 0.3) is 0 Å². The van der Waals surface area contributed by atoms with Crippen LogP contribution in [0.4, 0.5) is 5.82 Å². The Labute approximate surface area is 164 Å². The normalized spacial score (nSPS) is 18.7. The van der Waals surface area contributed by atoms with Crippen molar-refractivity contribution in [2.75, 3.05) is 11.9 Å². The summed E-state index contributed by atoms with van der Waals surface area (Å²) in [4.78, 5) is 19.8. The summed E-state index contributed by atoms with van der Waals surface area (Å²) in [5.41, 5.74) is 3.51. The molecule has 3 heterocycles. The van der Waals surface area contributed by atoms with Gasteiger partial charge in [0.2, 0.25) is 0 Å². The second-order valence-corrected chi connectivity index (χ2v) is 5.52. The van der Waals surface area contributed by atoms with Crippen LogP contribution in [0.3, 0.4) is 0 Å². The highest BCUT2D eigenvalue weighted by Crippen LogP contribution is 2.45. The van der Waals surface area contributed by atoms with Crippen molar-refractivity contribution in [3.05, 3.63) is 53.0 Å². The number of aromatic nitrogens is 2. The van der Waals surface area contributed by atoms with Gasteiger partial charge in [-0.25, -0.2) is 9.78 Å². The zero-order chi connectivity index (χ0) is 13.7. The molecule has 0 radical (unpaired) electrons. The third-order valence-corrected chi connectivity index (χ3v) is 4.31. The molecule has 2 aromatic rings. The Hall–Kier alpha value is -1.27. The van der Waals surface area contributed by atoms with Crippen molar-refractivity contribution in [2.45, 2.75) is 18.3 Å². The number of nitrogens with zero attached hydrogens (tertiary/aromatic N) is 2. The molecule has 24 heavy (non-hydrogen) atoms. The molecule has 2 aliphatic rings. The van der Waals surface area contributed by atoms with E-state index in [9.17, 15) is 4.79 Å². The van der Waals surface area contributed by atoms with E-state index in [-0.39, 0.29) is 60.6 Å². The molecule has 0 amide bonds. The first-order valence-corrected chi connectivity index (χ1v) is 6.58. The Kier molecular flexibility index (Phi) is 7.77. The van der Waals surface area contributed by atoms with Crippen LogP contribution < -0.4 is 5.32 Å². The van der Waals surface area contributed by atoms with Gasteiger partial charge in [0.15, 0.2) is 0 Å². The fourth-order valence-corrected chi connectivity index (χ4v) is 3.35. The molecule has 4 rings (SSSR count). The maximum atomic E-state index is 11.0. The van der Waals surface area contributed by atoms with Gasteiger partial charge in [-0.15, -0.1) is 49.6 Å². The lowest BCUT2D eigenvalue weighted by atomic mass is 9.80. The Balaban J connectivity index is 0.00000132. The zero-order valence-corrected chi connectivity index (χ0v) is 15.7. The summed E-state index contributed by atoms with van der Waals surface area (Å²) in [6.07, 6.45) is 4.90. The van der Waals surface area contributed by atoms with E-state index in [0.29, 0.717) is 0 Å². The molecule has 2 aromatic heterocycles. The van der Waals surface area contributed by atoms with Gasteiger partial charge in [-0.1, -0.05) is 6.07 Å². The number of aromatic carboxylic acids is 1. The summed E-state index contributed by atoms with van der Waals surface area (Å²) in [5, 5.41) is 12.4. The van der Waals surface area contributed by atoms with E-state index >= 15 is 0 Å². The molecule has 0 saturated heterocycles. The monoisotopic (exact) mass is 411 g/mol. The average molecular weight is 413 g/mol. The minimum Gasteiger partial charge on any atom is -0.478 e. The van der Waals surface area contributed by atoms with Crippen molar-refractivity contribution in [1.29, 1.82) is 0 Å². The van der Waals surface area contributed by atoms with Crippen LogP contribution in [0.2, 0.25) is 0 Å². The summed E-state index contributed by atoms with van der Waals surface area (Å²) in [5.74, 6) is 0.0200. The van der Waals surface area contributed by atoms with Gasteiger partial charge in [-0.2, -0.15) is 0 Å². The van der Waals surface area contributed by atoms with E-state index < -0.39 is 5.97 Å². The van der Waals surface area contributed by atoms with Gasteiger partial charge >= 0.3 is 5.97 Å². The summed E-state index contributed by atoms with van der Waals surface area (Å²) in [7, 11) is 0. The summed E-state index contributed by atoms with van der Waals surface area (Å²) in [6, 6.07) is 5.81. The topological polar surface area (TPSA) is 75.1 Å². The van der Waals surface area contributed by atoms with Gasteiger partial charge < -0.3 is 10.4 Å². The van der Waals surface area contributed by atoms with E-state index in [2.05, 4.69) is 21.4 Å². The van der Waals surface area contributed by atoms with Crippen molar-refractivity contribution in [3.8, 4) is 0 Å². The first-order valence-electron chi connectivity index (χ1n) is 6.58. The van der Waals surface area contributed by atoms with Gasteiger partial charge in [0, 0.05) is 42.0 Å². The van der Waals surface area contributed by atoms with Crippen molar-refractivity contribution in [3.63, 3.8) is 0 Å². The molecule has 1 aliphatic heterocycles. The summed E-state index contributed by atoms with van der Waals surface area (Å²) < 4.78 is 0. The highest BCUT2D eigenvalue weighted by Gasteiger charge is 2.44. The lowest BCUT2D eigenvalue weighted by Gasteiger charge is -2.21. The molecule has 1 unspecified atom stereocenters. The maximum absolute atomic E-state index is 11.0. The first kappa shape index (κ1) is 22.7. The molecule has 2 N–H and O–H groups in total. The third-order valence-electron chi connectivity index (χ3n) is 4.31. The van der Waals surface area contributed by atoms with Crippen LogP contribution in [0.15, 0.2) is 30.6 Å². The molecule has 5 nitrogen and oxygen atoms in total. The Morgan fingerprint density at radius 1 is 1.17 bits per heavy atom. The van der Waals surface area contributed by atoms with Gasteiger partial charge in [-0.3, -0.25) is 4.98 Å². The van der Waals surface area contributed by atoms with Gasteiger partial charge in [0.25, 0.3) is 0 Å². The molecule has 132 valence electrons. The molecule has 9 heteroatoms. The van der Waals surface area contributed by atoms with Crippen molar-refractivity contribution < 1.29 is 9.90 Å². The van der Waals surface area contributed by atoms with E-state index in [1.807, 2.05) is 6.07 Å². The third kappa shape index (κ3) is 3.40. The minimum atomic E-state index is -0.923. The number of nitrogens with one attached hydrogen (secondary N) is 1. The molecule has 0 aromatic carbocycles. The zero-order valence-electron chi connectivity index (χ0n) is 12.4. The predicted octanol–water partition coefficient (Wildman–Crippen LogP) is 3.32. The number of carbonyl (C=O) groups is 1. The average Bonchev–Trinajstić information content (AvgIpc) is 3.00. The molecule has 0 bridgehead atoms. The second-order valence-electron chi connectivity index (χ2n) is 5.52. The van der Waals surface area contributed by atoms with E-state index in [4.69, 9.17) is 5.11 Å². The van der Waals surface area contributed by atoms with E-state index in [1.165, 1.54) is 11.8 Å². The van der Waals surface area contributed by atoms with Crippen LogP contribution in [0.1, 0.15) is 27.2 Å². The number of hydrogen-bond donors (Lipinski definition) is 2. The highest BCUT2D eigenvalue weighted by atomic mass is 35.5. The Bertz CT molecular complexity index is 744. The van der Waals surface area contributed by atoms with Crippen LogP contribution in [0, 0.1) is 0 Å². The lowest BCUT2D eigenvalue weighted by molar-refractivity contribution is 0.0696. The van der Waals surface area contributed by atoms with Crippen LogP contribution in [-0.2, 0) is 18.3 Å². The summed E-state index contributed by atoms with van der Waals surface area (Å²) >= 11 is 0. The predicted molar refractivity (Wildman–Crippen MR) is 102 cm³/mol. The van der Waals surface area contributed by atoms with Crippen LogP contribution >= 0.6 is 49.6 Å². The molecule has 1 atom stereocenters. The molecule has 0 saturated carbocycles. The van der Waals surface area contributed by atoms with E-state index in [1.54, 1.807) is 12.3 Å².